The number of hydrogen-bond donors (Lipinski definition) is 0. The first kappa shape index (κ1) is 18.0. The van der Waals surface area contributed by atoms with E-state index in [0.717, 1.165) is 21.6 Å². The zero-order valence-corrected chi connectivity index (χ0v) is 15.9. The highest BCUT2D eigenvalue weighted by atomic mass is 79.9. The number of nitrogens with zero attached hydrogens (tertiary/aromatic N) is 1. The molecule has 0 aliphatic heterocycles. The molecule has 1 aromatic carbocycles. The van der Waals surface area contributed by atoms with Gasteiger partial charge in [-0.2, -0.15) is 0 Å². The second kappa shape index (κ2) is 8.38. The number of aromatic nitrogens is 1. The predicted octanol–water partition coefficient (Wildman–Crippen LogP) is 7.10. The van der Waals surface area contributed by atoms with Crippen LogP contribution in [0, 0.1) is 5.92 Å². The lowest BCUT2D eigenvalue weighted by atomic mass is 10.1. The molecule has 0 bridgehead atoms. The molecular weight excluding hydrogens is 377 g/mol. The molecule has 1 heterocycles. The second-order valence-corrected chi connectivity index (χ2v) is 7.64. The maximum Gasteiger partial charge on any atom is 0.160 e. The van der Waals surface area contributed by atoms with Crippen molar-refractivity contribution < 1.29 is 0 Å². The van der Waals surface area contributed by atoms with Gasteiger partial charge in [-0.05, 0) is 40.4 Å². The van der Waals surface area contributed by atoms with Crippen LogP contribution in [0.15, 0.2) is 22.1 Å². The van der Waals surface area contributed by atoms with Crippen LogP contribution in [0.2, 0.25) is 10.0 Å². The molecule has 5 heteroatoms. The van der Waals surface area contributed by atoms with Gasteiger partial charge in [0.25, 0.3) is 0 Å². The van der Waals surface area contributed by atoms with Crippen molar-refractivity contribution in [1.82, 2.24) is 4.98 Å². The fourth-order valence-electron chi connectivity index (χ4n) is 1.70. The molecule has 110 valence electrons. The Hall–Kier alpha value is -0.0900. The molecule has 1 nitrogen and oxygen atoms in total. The lowest BCUT2D eigenvalue weighted by molar-refractivity contribution is 0.654. The monoisotopic (exact) mass is 393 g/mol. The minimum absolute atomic E-state index is 0.564. The highest BCUT2D eigenvalue weighted by Gasteiger charge is 2.14. The summed E-state index contributed by atoms with van der Waals surface area (Å²) < 4.78 is 0.902. The van der Waals surface area contributed by atoms with Crippen LogP contribution in [-0.4, -0.2) is 4.98 Å². The molecule has 0 unspecified atom stereocenters. The lowest BCUT2D eigenvalue weighted by Gasteiger charge is -2.06. The molecule has 0 amide bonds. The average Bonchev–Trinajstić information content (AvgIpc) is 2.75. The highest BCUT2D eigenvalue weighted by molar-refractivity contribution is 9.11. The summed E-state index contributed by atoms with van der Waals surface area (Å²) in [5.74, 6) is 0.596. The van der Waals surface area contributed by atoms with Gasteiger partial charge in [0.05, 0.1) is 15.7 Å². The molecule has 2 rings (SSSR count). The Labute approximate surface area is 143 Å². The van der Waals surface area contributed by atoms with Crippen LogP contribution in [0.4, 0.5) is 0 Å². The summed E-state index contributed by atoms with van der Waals surface area (Å²) in [5.41, 5.74) is 2.01. The minimum atomic E-state index is 0.564. The fourth-order valence-corrected chi connectivity index (χ4v) is 3.78. The molecule has 0 saturated carbocycles. The van der Waals surface area contributed by atoms with E-state index in [0.29, 0.717) is 16.0 Å². The molecule has 0 aliphatic carbocycles. The maximum atomic E-state index is 6.06. The first-order valence-corrected chi connectivity index (χ1v) is 8.94. The van der Waals surface area contributed by atoms with Crippen LogP contribution in [0.1, 0.15) is 32.6 Å². The zero-order valence-electron chi connectivity index (χ0n) is 12.0. The van der Waals surface area contributed by atoms with E-state index in [1.165, 1.54) is 4.88 Å². The largest absolute Gasteiger partial charge is 0.229 e. The van der Waals surface area contributed by atoms with E-state index in [1.54, 1.807) is 11.3 Å². The number of halogens is 3. The number of hydrogen-bond acceptors (Lipinski definition) is 2. The SMILES string of the molecule is CC.CC(C)Cc1sc(Br)nc1-c1ccc(Cl)c(Cl)c1. The van der Waals surface area contributed by atoms with E-state index in [2.05, 4.69) is 34.8 Å². The Balaban J connectivity index is 0.000000956. The summed E-state index contributed by atoms with van der Waals surface area (Å²) in [7, 11) is 0. The molecule has 0 fully saturated rings. The van der Waals surface area contributed by atoms with E-state index in [9.17, 15) is 0 Å². The van der Waals surface area contributed by atoms with E-state index in [1.807, 2.05) is 32.0 Å². The summed E-state index contributed by atoms with van der Waals surface area (Å²) >= 11 is 17.1. The van der Waals surface area contributed by atoms with Crippen LogP contribution in [0.25, 0.3) is 11.3 Å². The van der Waals surface area contributed by atoms with Crippen LogP contribution >= 0.6 is 50.5 Å². The second-order valence-electron chi connectivity index (χ2n) is 4.47. The van der Waals surface area contributed by atoms with Crippen molar-refractivity contribution in [3.63, 3.8) is 0 Å². The Morgan fingerprint density at radius 1 is 1.20 bits per heavy atom. The smallest absolute Gasteiger partial charge is 0.160 e. The van der Waals surface area contributed by atoms with E-state index < -0.39 is 0 Å². The summed E-state index contributed by atoms with van der Waals surface area (Å²) in [6, 6.07) is 5.64. The van der Waals surface area contributed by atoms with Gasteiger partial charge in [0.2, 0.25) is 0 Å². The molecule has 0 radical (unpaired) electrons. The van der Waals surface area contributed by atoms with Crippen molar-refractivity contribution in [3.05, 3.63) is 37.0 Å². The maximum absolute atomic E-state index is 6.06. The van der Waals surface area contributed by atoms with Crippen molar-refractivity contribution in [2.45, 2.75) is 34.1 Å². The van der Waals surface area contributed by atoms with Crippen LogP contribution in [0.3, 0.4) is 0 Å². The highest BCUT2D eigenvalue weighted by Crippen LogP contribution is 2.35. The van der Waals surface area contributed by atoms with E-state index >= 15 is 0 Å². The Morgan fingerprint density at radius 3 is 2.40 bits per heavy atom. The fraction of sp³-hybridized carbons (Fsp3) is 0.400. The van der Waals surface area contributed by atoms with Crippen molar-refractivity contribution in [3.8, 4) is 11.3 Å². The van der Waals surface area contributed by atoms with Crippen molar-refractivity contribution in [2.24, 2.45) is 5.92 Å². The predicted molar refractivity (Wildman–Crippen MR) is 95.2 cm³/mol. The van der Waals surface area contributed by atoms with Gasteiger partial charge in [0, 0.05) is 10.4 Å². The number of rotatable bonds is 3. The topological polar surface area (TPSA) is 12.9 Å². The van der Waals surface area contributed by atoms with Crippen molar-refractivity contribution >= 4 is 50.5 Å². The normalized spacial score (nSPS) is 10.4. The average molecular weight is 395 g/mol. The van der Waals surface area contributed by atoms with Crippen molar-refractivity contribution in [2.75, 3.05) is 0 Å². The molecule has 0 N–H and O–H groups in total. The number of thiazole rings is 1. The first-order chi connectivity index (χ1) is 9.47. The quantitative estimate of drug-likeness (QED) is 0.540. The van der Waals surface area contributed by atoms with Gasteiger partial charge in [0.1, 0.15) is 0 Å². The Kier molecular flexibility index (Phi) is 7.52. The van der Waals surface area contributed by atoms with Gasteiger partial charge in [-0.15, -0.1) is 11.3 Å². The van der Waals surface area contributed by atoms with E-state index in [-0.39, 0.29) is 0 Å². The van der Waals surface area contributed by atoms with Crippen LogP contribution in [0.5, 0.6) is 0 Å². The number of benzene rings is 1. The van der Waals surface area contributed by atoms with Gasteiger partial charge in [-0.3, -0.25) is 0 Å². The van der Waals surface area contributed by atoms with Crippen LogP contribution < -0.4 is 0 Å². The van der Waals surface area contributed by atoms with Gasteiger partial charge >= 0.3 is 0 Å². The third-order valence-corrected chi connectivity index (χ3v) is 4.73. The summed E-state index contributed by atoms with van der Waals surface area (Å²) in [4.78, 5) is 5.81. The lowest BCUT2D eigenvalue weighted by Crippen LogP contribution is -1.93. The molecule has 20 heavy (non-hydrogen) atoms. The van der Waals surface area contributed by atoms with Gasteiger partial charge in [-0.1, -0.05) is 57.0 Å². The van der Waals surface area contributed by atoms with Gasteiger partial charge < -0.3 is 0 Å². The molecule has 0 saturated heterocycles. The van der Waals surface area contributed by atoms with Crippen molar-refractivity contribution in [1.29, 1.82) is 0 Å². The summed E-state index contributed by atoms with van der Waals surface area (Å²) in [6.07, 6.45) is 1.01. The Morgan fingerprint density at radius 2 is 1.85 bits per heavy atom. The molecule has 0 spiro atoms. The molecular formula is C15H18BrCl2NS. The third-order valence-electron chi connectivity index (χ3n) is 2.46. The molecule has 0 atom stereocenters. The minimum Gasteiger partial charge on any atom is -0.229 e. The molecule has 0 aliphatic rings. The zero-order chi connectivity index (χ0) is 15.3. The standard InChI is InChI=1S/C13H12BrCl2NS.C2H6/c1-7(2)5-11-12(17-13(14)18-11)8-3-4-9(15)10(16)6-8;1-2/h3-4,6-7H,5H2,1-2H3;1-2H3. The Bertz CT molecular complexity index is 567. The van der Waals surface area contributed by atoms with Crippen LogP contribution in [-0.2, 0) is 6.42 Å². The summed E-state index contributed by atoms with van der Waals surface area (Å²) in [5, 5.41) is 1.13. The third kappa shape index (κ3) is 4.73. The summed E-state index contributed by atoms with van der Waals surface area (Å²) in [6.45, 7) is 8.40. The molecule has 2 aromatic rings. The van der Waals surface area contributed by atoms with E-state index in [4.69, 9.17) is 23.2 Å². The van der Waals surface area contributed by atoms with Gasteiger partial charge in [0.15, 0.2) is 3.92 Å². The van der Waals surface area contributed by atoms with Gasteiger partial charge in [-0.25, -0.2) is 4.98 Å². The molecule has 1 aromatic heterocycles. The first-order valence-electron chi connectivity index (χ1n) is 6.58.